The van der Waals surface area contributed by atoms with Crippen molar-refractivity contribution in [2.45, 2.75) is 0 Å². The number of ether oxygens (including phenoxy) is 1. The molecule has 4 nitrogen and oxygen atoms in total. The number of hydrogen-bond donors (Lipinski definition) is 0. The van der Waals surface area contributed by atoms with E-state index in [4.69, 9.17) is 16.3 Å². The fourth-order valence-corrected chi connectivity index (χ4v) is 2.69. The molecule has 90 valence electrons. The van der Waals surface area contributed by atoms with Gasteiger partial charge in [0.1, 0.15) is 0 Å². The monoisotopic (exact) mass is 277 g/mol. The second-order valence-electron chi connectivity index (χ2n) is 3.57. The zero-order valence-electron chi connectivity index (χ0n) is 9.42. The minimum atomic E-state index is 0.242. The van der Waals surface area contributed by atoms with Crippen molar-refractivity contribution >= 4 is 33.2 Å². The van der Waals surface area contributed by atoms with E-state index in [0.717, 1.165) is 21.5 Å². The third-order valence-corrected chi connectivity index (χ3v) is 3.57. The van der Waals surface area contributed by atoms with Gasteiger partial charge in [-0.3, -0.25) is 0 Å². The number of fused-ring (bicyclic) bond motifs is 1. The Morgan fingerprint density at radius 1 is 1.22 bits per heavy atom. The maximum Gasteiger partial charge on any atom is 0.223 e. The molecule has 0 saturated heterocycles. The van der Waals surface area contributed by atoms with E-state index in [9.17, 15) is 0 Å². The highest BCUT2D eigenvalue weighted by Gasteiger charge is 2.10. The van der Waals surface area contributed by atoms with E-state index >= 15 is 0 Å². The summed E-state index contributed by atoms with van der Waals surface area (Å²) in [6.07, 6.45) is 1.72. The Hall–Kier alpha value is -1.72. The molecule has 0 bridgehead atoms. The Balaban J connectivity index is 2.20. The normalized spacial score (nSPS) is 10.8. The number of halogens is 1. The van der Waals surface area contributed by atoms with Crippen LogP contribution in [0, 0.1) is 0 Å². The van der Waals surface area contributed by atoms with Gasteiger partial charge in [0.2, 0.25) is 11.2 Å². The average Bonchev–Trinajstić information content (AvgIpc) is 2.86. The molecule has 0 unspecified atom stereocenters. The van der Waals surface area contributed by atoms with E-state index in [1.807, 2.05) is 17.5 Å². The van der Waals surface area contributed by atoms with E-state index in [0.29, 0.717) is 5.88 Å². The summed E-state index contributed by atoms with van der Waals surface area (Å²) >= 11 is 7.51. The van der Waals surface area contributed by atoms with Crippen molar-refractivity contribution in [3.05, 3.63) is 35.1 Å². The summed E-state index contributed by atoms with van der Waals surface area (Å²) < 4.78 is 6.04. The maximum absolute atomic E-state index is 5.93. The molecular formula is C12H8ClN3OS. The molecule has 0 aliphatic carbocycles. The van der Waals surface area contributed by atoms with Crippen molar-refractivity contribution in [3.8, 4) is 17.1 Å². The van der Waals surface area contributed by atoms with Gasteiger partial charge < -0.3 is 4.74 Å². The van der Waals surface area contributed by atoms with Gasteiger partial charge in [0.15, 0.2) is 0 Å². The summed E-state index contributed by atoms with van der Waals surface area (Å²) in [5, 5.41) is 2.21. The van der Waals surface area contributed by atoms with Crippen LogP contribution in [0.25, 0.3) is 21.5 Å². The first-order chi connectivity index (χ1) is 8.78. The molecule has 0 atom stereocenters. The third-order valence-electron chi connectivity index (χ3n) is 2.50. The molecule has 18 heavy (non-hydrogen) atoms. The van der Waals surface area contributed by atoms with Crippen LogP contribution in [0.1, 0.15) is 0 Å². The SMILES string of the molecule is COc1ccc(-c2nc(Cl)nc3ccsc23)cn1. The van der Waals surface area contributed by atoms with Gasteiger partial charge in [0.25, 0.3) is 0 Å². The van der Waals surface area contributed by atoms with Crippen LogP contribution in [0.15, 0.2) is 29.8 Å². The van der Waals surface area contributed by atoms with Crippen LogP contribution in [-0.2, 0) is 0 Å². The quantitative estimate of drug-likeness (QED) is 0.674. The summed E-state index contributed by atoms with van der Waals surface area (Å²) in [5.41, 5.74) is 2.55. The Bertz CT molecular complexity index is 696. The molecule has 0 amide bonds. The van der Waals surface area contributed by atoms with Gasteiger partial charge in [-0.05, 0) is 29.1 Å². The molecule has 0 radical (unpaired) electrons. The van der Waals surface area contributed by atoms with Crippen LogP contribution >= 0.6 is 22.9 Å². The van der Waals surface area contributed by atoms with Crippen molar-refractivity contribution in [2.24, 2.45) is 0 Å². The van der Waals surface area contributed by atoms with Crippen molar-refractivity contribution < 1.29 is 4.74 Å². The highest BCUT2D eigenvalue weighted by Crippen LogP contribution is 2.31. The predicted molar refractivity (Wildman–Crippen MR) is 72.2 cm³/mol. The number of aromatic nitrogens is 3. The van der Waals surface area contributed by atoms with Crippen molar-refractivity contribution in [1.82, 2.24) is 15.0 Å². The summed E-state index contributed by atoms with van der Waals surface area (Å²) in [7, 11) is 1.58. The zero-order valence-corrected chi connectivity index (χ0v) is 11.0. The molecule has 3 rings (SSSR count). The van der Waals surface area contributed by atoms with E-state index < -0.39 is 0 Å². The first-order valence-corrected chi connectivity index (χ1v) is 6.45. The molecule has 0 N–H and O–H groups in total. The van der Waals surface area contributed by atoms with Gasteiger partial charge in [-0.25, -0.2) is 15.0 Å². The van der Waals surface area contributed by atoms with Gasteiger partial charge in [-0.1, -0.05) is 0 Å². The summed E-state index contributed by atoms with van der Waals surface area (Å²) in [5.74, 6) is 0.571. The van der Waals surface area contributed by atoms with Crippen LogP contribution in [0.3, 0.4) is 0 Å². The molecule has 0 aliphatic rings. The molecule has 0 spiro atoms. The largest absolute Gasteiger partial charge is 0.481 e. The Labute approximate surface area is 112 Å². The lowest BCUT2D eigenvalue weighted by Gasteiger charge is -2.03. The van der Waals surface area contributed by atoms with Crippen LogP contribution in [0.4, 0.5) is 0 Å². The first kappa shape index (κ1) is 11.4. The van der Waals surface area contributed by atoms with Crippen LogP contribution in [0.2, 0.25) is 5.28 Å². The number of rotatable bonds is 2. The highest BCUT2D eigenvalue weighted by molar-refractivity contribution is 7.17. The number of thiophene rings is 1. The molecule has 0 aromatic carbocycles. The third kappa shape index (κ3) is 1.91. The van der Waals surface area contributed by atoms with Gasteiger partial charge >= 0.3 is 0 Å². The van der Waals surface area contributed by atoms with Gasteiger partial charge in [-0.15, -0.1) is 11.3 Å². The fraction of sp³-hybridized carbons (Fsp3) is 0.0833. The molecule has 3 heterocycles. The number of nitrogens with zero attached hydrogens (tertiary/aromatic N) is 3. The Kier molecular flexibility index (Phi) is 2.85. The van der Waals surface area contributed by atoms with E-state index in [2.05, 4.69) is 15.0 Å². The Morgan fingerprint density at radius 2 is 2.11 bits per heavy atom. The van der Waals surface area contributed by atoms with E-state index in [1.54, 1.807) is 30.7 Å². The summed E-state index contributed by atoms with van der Waals surface area (Å²) in [6, 6.07) is 5.63. The number of hydrogen-bond acceptors (Lipinski definition) is 5. The lowest BCUT2D eigenvalue weighted by Crippen LogP contribution is -1.91. The second kappa shape index (κ2) is 4.51. The van der Waals surface area contributed by atoms with E-state index in [1.165, 1.54) is 0 Å². The van der Waals surface area contributed by atoms with Crippen molar-refractivity contribution in [1.29, 1.82) is 0 Å². The Morgan fingerprint density at radius 3 is 2.83 bits per heavy atom. The van der Waals surface area contributed by atoms with Gasteiger partial charge in [0.05, 0.1) is 23.0 Å². The summed E-state index contributed by atoms with van der Waals surface area (Å²) in [6.45, 7) is 0. The molecule has 6 heteroatoms. The minimum absolute atomic E-state index is 0.242. The van der Waals surface area contributed by atoms with Crippen LogP contribution in [0.5, 0.6) is 5.88 Å². The minimum Gasteiger partial charge on any atom is -0.481 e. The number of methoxy groups -OCH3 is 1. The topological polar surface area (TPSA) is 47.9 Å². The van der Waals surface area contributed by atoms with Gasteiger partial charge in [-0.2, -0.15) is 0 Å². The predicted octanol–water partition coefficient (Wildman–Crippen LogP) is 3.42. The maximum atomic E-state index is 5.93. The standard InChI is InChI=1S/C12H8ClN3OS/c1-17-9-3-2-7(6-14-9)10-11-8(4-5-18-11)15-12(13)16-10/h2-6H,1H3. The lowest BCUT2D eigenvalue weighted by molar-refractivity contribution is 0.398. The first-order valence-electron chi connectivity index (χ1n) is 5.19. The molecule has 3 aromatic rings. The lowest BCUT2D eigenvalue weighted by atomic mass is 10.2. The molecule has 0 saturated carbocycles. The highest BCUT2D eigenvalue weighted by atomic mass is 35.5. The average molecular weight is 278 g/mol. The van der Waals surface area contributed by atoms with Crippen molar-refractivity contribution in [3.63, 3.8) is 0 Å². The van der Waals surface area contributed by atoms with Crippen molar-refractivity contribution in [2.75, 3.05) is 7.11 Å². The van der Waals surface area contributed by atoms with Gasteiger partial charge in [0, 0.05) is 17.8 Å². The molecule has 0 aliphatic heterocycles. The molecule has 0 fully saturated rings. The fourth-order valence-electron chi connectivity index (χ4n) is 1.67. The second-order valence-corrected chi connectivity index (χ2v) is 4.82. The summed E-state index contributed by atoms with van der Waals surface area (Å²) in [4.78, 5) is 12.6. The van der Waals surface area contributed by atoms with Crippen LogP contribution < -0.4 is 4.74 Å². The zero-order chi connectivity index (χ0) is 12.5. The smallest absolute Gasteiger partial charge is 0.223 e. The molecular weight excluding hydrogens is 270 g/mol. The van der Waals surface area contributed by atoms with Crippen LogP contribution in [-0.4, -0.2) is 22.1 Å². The molecule has 3 aromatic heterocycles. The number of pyridine rings is 1. The van der Waals surface area contributed by atoms with E-state index in [-0.39, 0.29) is 5.28 Å².